The summed E-state index contributed by atoms with van der Waals surface area (Å²) >= 11 is 0. The van der Waals surface area contributed by atoms with E-state index in [-0.39, 0.29) is 0 Å². The van der Waals surface area contributed by atoms with Crippen LogP contribution < -0.4 is 14.9 Å². The lowest BCUT2D eigenvalue weighted by Gasteiger charge is -2.33. The van der Waals surface area contributed by atoms with E-state index in [0.717, 1.165) is 11.2 Å². The third-order valence-corrected chi connectivity index (χ3v) is 11.1. The third-order valence-electron chi connectivity index (χ3n) is 7.65. The van der Waals surface area contributed by atoms with Gasteiger partial charge in [0.1, 0.15) is 26.3 Å². The van der Waals surface area contributed by atoms with E-state index in [1.807, 2.05) is 0 Å². The zero-order chi connectivity index (χ0) is 21.8. The fourth-order valence-electron chi connectivity index (χ4n) is 6.00. The summed E-state index contributed by atoms with van der Waals surface area (Å²) in [4.78, 5) is 0. The highest BCUT2D eigenvalue weighted by Crippen LogP contribution is 2.40. The summed E-state index contributed by atoms with van der Waals surface area (Å²) in [5, 5.41) is 10.8. The van der Waals surface area contributed by atoms with Crippen LogP contribution in [0.4, 0.5) is 0 Å². The molecule has 3 heteroatoms. The monoisotopic (exact) mass is 430 g/mol. The summed E-state index contributed by atoms with van der Waals surface area (Å²) < 4.78 is 8.76. The molecule has 0 radical (unpaired) electrons. The molecule has 1 aliphatic rings. The number of hydrogen-bond donors (Lipinski definition) is 0. The molecule has 0 unspecified atom stereocenters. The molecule has 0 saturated carbocycles. The fraction of sp³-hybridized carbons (Fsp3) is 0.138. The topological polar surface area (TPSA) is 17.0 Å². The van der Waals surface area contributed by atoms with Crippen molar-refractivity contribution in [3.8, 4) is 11.3 Å². The molecular formula is C29H24NOSi+. The summed E-state index contributed by atoms with van der Waals surface area (Å²) in [7, 11) is 0.214. The smallest absolute Gasteiger partial charge is 0.220 e. The molecule has 7 rings (SSSR count). The molecule has 154 valence electrons. The van der Waals surface area contributed by atoms with Crippen molar-refractivity contribution in [1.29, 1.82) is 0 Å². The van der Waals surface area contributed by atoms with Crippen LogP contribution in [0.2, 0.25) is 13.1 Å². The molecule has 0 bridgehead atoms. The van der Waals surface area contributed by atoms with Gasteiger partial charge < -0.3 is 4.42 Å². The number of nitrogens with zero attached hydrogens (tertiary/aromatic N) is 1. The summed E-state index contributed by atoms with van der Waals surface area (Å²) in [5.74, 6) is 0. The predicted octanol–water partition coefficient (Wildman–Crippen LogP) is 5.83. The first-order valence-electron chi connectivity index (χ1n) is 11.3. The Balaban J connectivity index is 1.77. The van der Waals surface area contributed by atoms with E-state index in [4.69, 9.17) is 4.42 Å². The minimum absolute atomic E-state index is 0.967. The zero-order valence-electron chi connectivity index (χ0n) is 18.8. The summed E-state index contributed by atoms with van der Waals surface area (Å²) in [5.41, 5.74) is 6.12. The largest absolute Gasteiger partial charge is 0.455 e. The van der Waals surface area contributed by atoms with Crippen LogP contribution >= 0.6 is 0 Å². The quantitative estimate of drug-likeness (QED) is 0.219. The molecule has 0 amide bonds. The van der Waals surface area contributed by atoms with Crippen molar-refractivity contribution in [3.05, 3.63) is 78.5 Å². The van der Waals surface area contributed by atoms with Crippen LogP contribution in [0.15, 0.2) is 77.3 Å². The minimum Gasteiger partial charge on any atom is -0.455 e. The Morgan fingerprint density at radius 1 is 0.781 bits per heavy atom. The van der Waals surface area contributed by atoms with Crippen LogP contribution in [0.1, 0.15) is 5.56 Å². The highest BCUT2D eigenvalue weighted by atomic mass is 28.3. The summed E-state index contributed by atoms with van der Waals surface area (Å²) in [6, 6.07) is 24.4. The van der Waals surface area contributed by atoms with Gasteiger partial charge in [-0.3, -0.25) is 0 Å². The predicted molar refractivity (Wildman–Crippen MR) is 137 cm³/mol. The van der Waals surface area contributed by atoms with Crippen LogP contribution in [0.5, 0.6) is 0 Å². The number of para-hydroxylation sites is 1. The molecule has 0 atom stereocenters. The first-order chi connectivity index (χ1) is 15.5. The summed E-state index contributed by atoms with van der Waals surface area (Å²) in [6.45, 7) is 7.33. The van der Waals surface area contributed by atoms with Gasteiger partial charge in [0, 0.05) is 22.2 Å². The molecule has 3 heterocycles. The lowest BCUT2D eigenvalue weighted by atomic mass is 9.93. The van der Waals surface area contributed by atoms with Crippen molar-refractivity contribution >= 4 is 61.9 Å². The first kappa shape index (κ1) is 18.2. The van der Waals surface area contributed by atoms with Gasteiger partial charge in [-0.1, -0.05) is 61.6 Å². The Hall–Kier alpha value is -3.43. The number of hydrogen-bond acceptors (Lipinski definition) is 1. The first-order valence-corrected chi connectivity index (χ1v) is 14.3. The van der Waals surface area contributed by atoms with Crippen molar-refractivity contribution in [2.24, 2.45) is 7.05 Å². The second-order valence-corrected chi connectivity index (χ2v) is 14.1. The molecule has 2 aromatic heterocycles. The van der Waals surface area contributed by atoms with Gasteiger partial charge >= 0.3 is 0 Å². The van der Waals surface area contributed by atoms with Crippen molar-refractivity contribution in [2.75, 3.05) is 0 Å². The average Bonchev–Trinajstić information content (AvgIpc) is 3.17. The maximum absolute atomic E-state index is 6.45. The normalized spacial score (nSPS) is 14.5. The number of furan rings is 1. The number of pyridine rings is 1. The van der Waals surface area contributed by atoms with E-state index in [1.54, 1.807) is 0 Å². The SMILES string of the molecule is Cc1c2c(cc3ccccc13)[Si](C)(C)c1cc3c4ccccc4oc3c3cc[n+](C)c-2c13. The Bertz CT molecular complexity index is 1770. The second-order valence-electron chi connectivity index (χ2n) is 9.73. The Labute approximate surface area is 187 Å². The van der Waals surface area contributed by atoms with Crippen molar-refractivity contribution < 1.29 is 8.98 Å². The highest BCUT2D eigenvalue weighted by Gasteiger charge is 2.41. The molecule has 32 heavy (non-hydrogen) atoms. The van der Waals surface area contributed by atoms with E-state index in [0.29, 0.717) is 0 Å². The number of rotatable bonds is 0. The molecule has 1 aliphatic heterocycles. The zero-order valence-corrected chi connectivity index (χ0v) is 19.8. The number of fused-ring (bicyclic) bond motifs is 7. The van der Waals surface area contributed by atoms with Gasteiger partial charge in [0.05, 0.1) is 10.9 Å². The van der Waals surface area contributed by atoms with E-state index in [1.165, 1.54) is 59.5 Å². The Morgan fingerprint density at radius 3 is 2.38 bits per heavy atom. The van der Waals surface area contributed by atoms with E-state index in [9.17, 15) is 0 Å². The third kappa shape index (κ3) is 2.07. The van der Waals surface area contributed by atoms with Crippen LogP contribution in [0.3, 0.4) is 0 Å². The van der Waals surface area contributed by atoms with Crippen LogP contribution in [-0.4, -0.2) is 8.07 Å². The fourth-order valence-corrected chi connectivity index (χ4v) is 9.12. The maximum atomic E-state index is 6.45. The van der Waals surface area contributed by atoms with Gasteiger partial charge in [-0.2, -0.15) is 0 Å². The molecule has 4 aromatic carbocycles. The van der Waals surface area contributed by atoms with E-state index < -0.39 is 8.07 Å². The van der Waals surface area contributed by atoms with Crippen LogP contribution in [0.25, 0.3) is 54.7 Å². The minimum atomic E-state index is -1.97. The van der Waals surface area contributed by atoms with Crippen molar-refractivity contribution in [3.63, 3.8) is 0 Å². The highest BCUT2D eigenvalue weighted by molar-refractivity contribution is 7.03. The van der Waals surface area contributed by atoms with Crippen molar-refractivity contribution in [1.82, 2.24) is 0 Å². The Kier molecular flexibility index (Phi) is 3.33. The lowest BCUT2D eigenvalue weighted by Crippen LogP contribution is -2.57. The number of aryl methyl sites for hydroxylation is 2. The van der Waals surface area contributed by atoms with Gasteiger partial charge in [0.15, 0.2) is 6.20 Å². The molecule has 0 spiro atoms. The van der Waals surface area contributed by atoms with Gasteiger partial charge in [-0.15, -0.1) is 0 Å². The molecular weight excluding hydrogens is 406 g/mol. The van der Waals surface area contributed by atoms with E-state index >= 15 is 0 Å². The van der Waals surface area contributed by atoms with Gasteiger partial charge in [0.2, 0.25) is 5.69 Å². The van der Waals surface area contributed by atoms with Gasteiger partial charge in [-0.25, -0.2) is 4.57 Å². The molecule has 0 fully saturated rings. The molecule has 0 saturated heterocycles. The van der Waals surface area contributed by atoms with Crippen LogP contribution in [-0.2, 0) is 7.05 Å². The number of aromatic nitrogens is 1. The standard InChI is InChI=1S/C29H24NOSi/c1-17-19-10-6-5-9-18(19)15-24-26(17)28-27-21(13-14-30(28)2)29-22(16-25(27)32(24,3)4)20-11-7-8-12-23(20)31-29/h5-16H,1-4H3/q+1. The van der Waals surface area contributed by atoms with Crippen LogP contribution in [0, 0.1) is 6.92 Å². The summed E-state index contributed by atoms with van der Waals surface area (Å²) in [6.07, 6.45) is 2.20. The number of benzene rings is 4. The van der Waals surface area contributed by atoms with Crippen molar-refractivity contribution in [2.45, 2.75) is 20.0 Å². The van der Waals surface area contributed by atoms with Gasteiger partial charge in [0.25, 0.3) is 0 Å². The molecule has 6 aromatic rings. The van der Waals surface area contributed by atoms with Gasteiger partial charge in [-0.05, 0) is 45.8 Å². The van der Waals surface area contributed by atoms with E-state index in [2.05, 4.69) is 105 Å². The average molecular weight is 431 g/mol. The molecule has 0 N–H and O–H groups in total. The Morgan fingerprint density at radius 2 is 1.53 bits per heavy atom. The maximum Gasteiger partial charge on any atom is 0.220 e. The second kappa shape index (κ2) is 5.87. The molecule has 2 nitrogen and oxygen atoms in total. The lowest BCUT2D eigenvalue weighted by molar-refractivity contribution is -0.659. The molecule has 0 aliphatic carbocycles.